The van der Waals surface area contributed by atoms with E-state index in [1.807, 2.05) is 0 Å². The lowest BCUT2D eigenvalue weighted by Crippen LogP contribution is -2.42. The first-order valence-corrected chi connectivity index (χ1v) is 3.32. The Hall–Kier alpha value is -0.530. The topological polar surface area (TPSA) is 107 Å². The first kappa shape index (κ1) is 11.5. The van der Waals surface area contributed by atoms with Crippen molar-refractivity contribution in [3.8, 4) is 0 Å². The van der Waals surface area contributed by atoms with Gasteiger partial charge >= 0.3 is 0 Å². The smallest absolute Gasteiger partial charge is 0.151 e. The maximum Gasteiger partial charge on any atom is 0.151 e. The van der Waals surface area contributed by atoms with Crippen LogP contribution in [0, 0.1) is 0 Å². The van der Waals surface area contributed by atoms with Crippen molar-refractivity contribution in [1.82, 2.24) is 0 Å². The van der Waals surface area contributed by atoms with E-state index in [0.717, 1.165) is 0 Å². The van der Waals surface area contributed by atoms with E-state index in [0.29, 0.717) is 0 Å². The maximum absolute atomic E-state index is 10.2. The highest BCUT2D eigenvalue weighted by atomic mass is 16.6. The highest BCUT2D eigenvalue weighted by Crippen LogP contribution is 2.01. The van der Waals surface area contributed by atoms with E-state index < -0.39 is 31.7 Å². The molecule has 0 amide bonds. The van der Waals surface area contributed by atoms with Crippen molar-refractivity contribution < 1.29 is 30.0 Å². The van der Waals surface area contributed by atoms with Gasteiger partial charge in [-0.15, -0.1) is 0 Å². The van der Waals surface area contributed by atoms with E-state index in [4.69, 9.17) is 20.4 Å². The summed E-state index contributed by atoms with van der Waals surface area (Å²) in [5.41, 5.74) is 0. The Kier molecular flexibility index (Phi) is 5.77. The van der Waals surface area contributed by atoms with Crippen LogP contribution in [-0.2, 0) is 9.53 Å². The summed E-state index contributed by atoms with van der Waals surface area (Å²) < 4.78 is 4.34. The van der Waals surface area contributed by atoms with Gasteiger partial charge in [-0.3, -0.25) is 0 Å². The fraction of sp³-hybridized carbons (Fsp3) is 0.833. The summed E-state index contributed by atoms with van der Waals surface area (Å²) in [6.45, 7) is -1.42. The molecular formula is C6H12O6. The van der Waals surface area contributed by atoms with Gasteiger partial charge < -0.3 is 30.0 Å². The summed E-state index contributed by atoms with van der Waals surface area (Å²) in [6, 6.07) is 0. The minimum Gasteiger partial charge on any atom is -0.394 e. The number of hydrogen-bond acceptors (Lipinski definition) is 6. The van der Waals surface area contributed by atoms with Crippen LogP contribution >= 0.6 is 0 Å². The molecule has 0 unspecified atom stereocenters. The van der Waals surface area contributed by atoms with Crippen molar-refractivity contribution in [3.63, 3.8) is 0 Å². The Labute approximate surface area is 69.0 Å². The molecule has 0 saturated heterocycles. The molecule has 0 aromatic carbocycles. The van der Waals surface area contributed by atoms with Crippen LogP contribution in [0.2, 0.25) is 0 Å². The van der Waals surface area contributed by atoms with Crippen LogP contribution in [0.15, 0.2) is 0 Å². The lowest BCUT2D eigenvalue weighted by molar-refractivity contribution is -0.150. The Morgan fingerprint density at radius 2 is 1.92 bits per heavy atom. The van der Waals surface area contributed by atoms with E-state index in [-0.39, 0.29) is 6.29 Å². The van der Waals surface area contributed by atoms with Gasteiger partial charge in [-0.05, 0) is 0 Å². The first-order chi connectivity index (χ1) is 5.67. The molecule has 0 aromatic heterocycles. The molecule has 0 spiro atoms. The zero-order valence-electron chi connectivity index (χ0n) is 6.33. The number of ether oxygens (including phenoxy) is 1. The van der Waals surface area contributed by atoms with Gasteiger partial charge in [0, 0.05) is 0 Å². The van der Waals surface area contributed by atoms with Gasteiger partial charge in [-0.25, -0.2) is 0 Å². The van der Waals surface area contributed by atoms with Crippen LogP contribution in [0.3, 0.4) is 0 Å². The molecule has 72 valence electrons. The number of aliphatic hydroxyl groups is 4. The van der Waals surface area contributed by atoms with Crippen LogP contribution in [0.25, 0.3) is 0 Å². The van der Waals surface area contributed by atoms with Crippen LogP contribution < -0.4 is 0 Å². The zero-order chi connectivity index (χ0) is 9.56. The molecule has 0 aromatic rings. The van der Waals surface area contributed by atoms with Gasteiger partial charge in [0.15, 0.2) is 6.29 Å². The van der Waals surface area contributed by atoms with Crippen LogP contribution in [-0.4, -0.2) is 58.4 Å². The number of aldehydes is 1. The predicted molar refractivity (Wildman–Crippen MR) is 37.1 cm³/mol. The van der Waals surface area contributed by atoms with E-state index in [9.17, 15) is 4.79 Å². The lowest BCUT2D eigenvalue weighted by Gasteiger charge is -2.20. The second-order valence-corrected chi connectivity index (χ2v) is 2.14. The Bertz CT molecular complexity index is 127. The highest BCUT2D eigenvalue weighted by molar-refractivity contribution is 5.57. The molecule has 0 saturated carbocycles. The minimum absolute atomic E-state index is 0.236. The Balaban J connectivity index is 4.00. The molecule has 12 heavy (non-hydrogen) atoms. The normalized spacial score (nSPS) is 18.3. The third-order valence-electron chi connectivity index (χ3n) is 1.32. The number of carbonyl (C=O) groups is 1. The van der Waals surface area contributed by atoms with E-state index >= 15 is 0 Å². The molecule has 6 heteroatoms. The second kappa shape index (κ2) is 6.04. The average molecular weight is 180 g/mol. The van der Waals surface area contributed by atoms with Crippen molar-refractivity contribution in [1.29, 1.82) is 0 Å². The minimum atomic E-state index is -1.53. The average Bonchev–Trinajstić information content (AvgIpc) is 2.11. The monoisotopic (exact) mass is 180 g/mol. The third kappa shape index (κ3) is 3.24. The lowest BCUT2D eigenvalue weighted by atomic mass is 10.1. The quantitative estimate of drug-likeness (QED) is 0.260. The van der Waals surface area contributed by atoms with Gasteiger partial charge in [-0.1, -0.05) is 0 Å². The van der Waals surface area contributed by atoms with E-state index in [1.165, 1.54) is 0 Å². The molecule has 0 rings (SSSR count). The van der Waals surface area contributed by atoms with Gasteiger partial charge in [0.25, 0.3) is 0 Å². The van der Waals surface area contributed by atoms with E-state index in [1.54, 1.807) is 0 Å². The highest BCUT2D eigenvalue weighted by Gasteiger charge is 2.25. The second-order valence-electron chi connectivity index (χ2n) is 2.14. The zero-order valence-corrected chi connectivity index (χ0v) is 6.33. The van der Waals surface area contributed by atoms with Crippen molar-refractivity contribution in [2.24, 2.45) is 0 Å². The molecule has 0 aliphatic carbocycles. The predicted octanol–water partition coefficient (Wildman–Crippen LogP) is -2.77. The van der Waals surface area contributed by atoms with Crippen LogP contribution in [0.5, 0.6) is 0 Å². The molecule has 0 heterocycles. The molecule has 0 fully saturated rings. The fourth-order valence-corrected chi connectivity index (χ4v) is 0.631. The number of rotatable bonds is 6. The number of hydrogen-bond donors (Lipinski definition) is 4. The Morgan fingerprint density at radius 3 is 2.25 bits per heavy atom. The van der Waals surface area contributed by atoms with Crippen molar-refractivity contribution in [2.75, 3.05) is 13.4 Å². The first-order valence-electron chi connectivity index (χ1n) is 3.32. The largest absolute Gasteiger partial charge is 0.394 e. The molecule has 0 aliphatic heterocycles. The molecule has 6 nitrogen and oxygen atoms in total. The van der Waals surface area contributed by atoms with E-state index in [2.05, 4.69) is 4.74 Å². The molecule has 0 aliphatic rings. The molecule has 0 bridgehead atoms. The number of carbonyl (C=O) groups excluding carboxylic acids is 1. The van der Waals surface area contributed by atoms with Crippen molar-refractivity contribution >= 4 is 6.29 Å². The van der Waals surface area contributed by atoms with Crippen LogP contribution in [0.1, 0.15) is 0 Å². The van der Waals surface area contributed by atoms with Crippen LogP contribution in [0.4, 0.5) is 0 Å². The third-order valence-corrected chi connectivity index (χ3v) is 1.32. The van der Waals surface area contributed by atoms with Gasteiger partial charge in [0.05, 0.1) is 6.61 Å². The standard InChI is InChI=1S/C6H12O6/c7-1-4(10)6(11)5(2-8)12-3-9/h2,4-7,9-11H,1,3H2/t4-,5+,6-/m1/s1. The van der Waals surface area contributed by atoms with Crippen molar-refractivity contribution in [3.05, 3.63) is 0 Å². The summed E-state index contributed by atoms with van der Waals surface area (Å²) in [4.78, 5) is 10.2. The molecule has 0 radical (unpaired) electrons. The summed E-state index contributed by atoms with van der Waals surface area (Å²) >= 11 is 0. The van der Waals surface area contributed by atoms with Gasteiger partial charge in [0.1, 0.15) is 25.1 Å². The maximum atomic E-state index is 10.2. The van der Waals surface area contributed by atoms with Crippen molar-refractivity contribution in [2.45, 2.75) is 18.3 Å². The summed E-state index contributed by atoms with van der Waals surface area (Å²) in [5, 5.41) is 34.5. The molecule has 4 N–H and O–H groups in total. The summed E-state index contributed by atoms with van der Waals surface area (Å²) in [5.74, 6) is 0. The molecular weight excluding hydrogens is 168 g/mol. The van der Waals surface area contributed by atoms with Gasteiger partial charge in [-0.2, -0.15) is 0 Å². The SMILES string of the molecule is O=C[C@H](OCO)[C@H](O)[C@H](O)CO. The Morgan fingerprint density at radius 1 is 1.33 bits per heavy atom. The molecule has 3 atom stereocenters. The fourth-order valence-electron chi connectivity index (χ4n) is 0.631. The summed E-state index contributed by atoms with van der Waals surface area (Å²) in [7, 11) is 0. The van der Waals surface area contributed by atoms with Gasteiger partial charge in [0.2, 0.25) is 0 Å². The number of aliphatic hydroxyl groups excluding tert-OH is 4. The summed E-state index contributed by atoms with van der Waals surface area (Å²) in [6.07, 6.45) is -4.07.